The van der Waals surface area contributed by atoms with Gasteiger partial charge in [0.25, 0.3) is 0 Å². The topological polar surface area (TPSA) is 74.5 Å². The molecule has 1 saturated heterocycles. The number of esters is 1. The van der Waals surface area contributed by atoms with Crippen LogP contribution >= 0.6 is 0 Å². The van der Waals surface area contributed by atoms with E-state index in [0.717, 1.165) is 58.7 Å². The van der Waals surface area contributed by atoms with E-state index in [9.17, 15) is 13.6 Å². The van der Waals surface area contributed by atoms with Gasteiger partial charge in [-0.3, -0.25) is 4.40 Å². The number of piperidine rings is 1. The highest BCUT2D eigenvalue weighted by atomic mass is 19.2. The number of carbonyl (C=O) groups excluding carboxylic acids is 1. The lowest BCUT2D eigenvalue weighted by Crippen LogP contribution is -2.45. The van der Waals surface area contributed by atoms with Gasteiger partial charge in [0.1, 0.15) is 17.2 Å². The molecule has 0 bridgehead atoms. The zero-order valence-corrected chi connectivity index (χ0v) is 31.6. The molecule has 1 fully saturated rings. The summed E-state index contributed by atoms with van der Waals surface area (Å²) < 4.78 is 55.2. The highest BCUT2D eigenvalue weighted by Crippen LogP contribution is 2.42. The van der Waals surface area contributed by atoms with E-state index in [-0.39, 0.29) is 17.5 Å². The molecule has 0 unspecified atom stereocenters. The van der Waals surface area contributed by atoms with E-state index >= 15 is 0 Å². The highest BCUT2D eigenvalue weighted by molar-refractivity contribution is 5.82. The van der Waals surface area contributed by atoms with Gasteiger partial charge in [-0.25, -0.2) is 18.6 Å². The van der Waals surface area contributed by atoms with E-state index in [1.165, 1.54) is 7.11 Å². The number of ether oxygens (including phenoxy) is 4. The first-order valence-corrected chi connectivity index (χ1v) is 17.7. The van der Waals surface area contributed by atoms with Crippen LogP contribution in [0.15, 0.2) is 67.9 Å². The predicted octanol–water partition coefficient (Wildman–Crippen LogP) is 9.50. The number of benzene rings is 2. The van der Waals surface area contributed by atoms with Crippen molar-refractivity contribution in [3.63, 3.8) is 0 Å². The summed E-state index contributed by atoms with van der Waals surface area (Å²) in [5.41, 5.74) is 4.72. The first kappa shape index (κ1) is 38.7. The van der Waals surface area contributed by atoms with Crippen molar-refractivity contribution in [2.24, 2.45) is 0 Å². The van der Waals surface area contributed by atoms with E-state index in [1.807, 2.05) is 76.4 Å². The van der Waals surface area contributed by atoms with Crippen molar-refractivity contribution in [2.45, 2.75) is 91.1 Å². The summed E-state index contributed by atoms with van der Waals surface area (Å²) >= 11 is 0. The third kappa shape index (κ3) is 8.24. The maximum absolute atomic E-state index is 14.7. The van der Waals surface area contributed by atoms with Crippen LogP contribution in [-0.2, 0) is 19.0 Å². The average Bonchev–Trinajstić information content (AvgIpc) is 3.55. The number of fused-ring (bicyclic) bond motifs is 1. The fraction of sp³-hybridized carbons (Fsp3) is 0.429. The minimum atomic E-state index is -1.00. The van der Waals surface area contributed by atoms with Gasteiger partial charge in [-0.2, -0.15) is 0 Å². The molecular weight excluding hydrogens is 664 g/mol. The van der Waals surface area contributed by atoms with Gasteiger partial charge >= 0.3 is 5.97 Å². The number of nitrogens with zero attached hydrogens (tertiary/aromatic N) is 3. The van der Waals surface area contributed by atoms with Gasteiger partial charge in [0.2, 0.25) is 0 Å². The Morgan fingerprint density at radius 2 is 1.71 bits per heavy atom. The third-order valence-electron chi connectivity index (χ3n) is 9.61. The lowest BCUT2D eigenvalue weighted by Gasteiger charge is -2.41. The SMILES string of the molecule is C=CCOC1(C)CCN(c2c([C@H](OC(C)(C)C)C(=O)OC)c(C)c(C)c3nc(-c4cccc(-c5cc(F)c(F)cc5O[C@@H](C)CC=C)c4)cn23)CC1. The van der Waals surface area contributed by atoms with Crippen molar-refractivity contribution in [3.8, 4) is 28.1 Å². The van der Waals surface area contributed by atoms with Gasteiger partial charge in [-0.15, -0.1) is 13.2 Å². The van der Waals surface area contributed by atoms with E-state index < -0.39 is 29.3 Å². The smallest absolute Gasteiger partial charge is 0.339 e. The van der Waals surface area contributed by atoms with E-state index in [0.29, 0.717) is 42.9 Å². The number of carbonyl (C=O) groups is 1. The Hall–Kier alpha value is -4.54. The highest BCUT2D eigenvalue weighted by Gasteiger charge is 2.38. The molecule has 278 valence electrons. The summed E-state index contributed by atoms with van der Waals surface area (Å²) in [5.74, 6) is -1.41. The van der Waals surface area contributed by atoms with Crippen molar-refractivity contribution in [1.29, 1.82) is 0 Å². The van der Waals surface area contributed by atoms with Gasteiger partial charge in [-0.05, 0) is 90.1 Å². The number of aryl methyl sites for hydroxylation is 1. The van der Waals surface area contributed by atoms with Gasteiger partial charge in [0.05, 0.1) is 36.7 Å². The molecule has 52 heavy (non-hydrogen) atoms. The quantitative estimate of drug-likeness (QED) is 0.101. The van der Waals surface area contributed by atoms with Gasteiger partial charge in [0.15, 0.2) is 17.7 Å². The van der Waals surface area contributed by atoms with Crippen LogP contribution in [0.4, 0.5) is 14.6 Å². The Kier molecular flexibility index (Phi) is 11.6. The molecule has 3 heterocycles. The van der Waals surface area contributed by atoms with Crippen LogP contribution in [0.1, 0.15) is 76.7 Å². The van der Waals surface area contributed by atoms with Crippen molar-refractivity contribution < 1.29 is 32.5 Å². The molecule has 0 saturated carbocycles. The lowest BCUT2D eigenvalue weighted by atomic mass is 9.92. The first-order valence-electron chi connectivity index (χ1n) is 17.7. The molecule has 0 amide bonds. The molecule has 0 N–H and O–H groups in total. The summed E-state index contributed by atoms with van der Waals surface area (Å²) in [6, 6.07) is 9.77. The second-order valence-corrected chi connectivity index (χ2v) is 14.8. The summed E-state index contributed by atoms with van der Waals surface area (Å²) in [6.07, 6.45) is 6.20. The van der Waals surface area contributed by atoms with Crippen LogP contribution in [0.2, 0.25) is 0 Å². The van der Waals surface area contributed by atoms with E-state index in [2.05, 4.69) is 25.0 Å². The molecule has 10 heteroatoms. The maximum atomic E-state index is 14.7. The molecule has 0 aliphatic carbocycles. The Labute approximate surface area is 306 Å². The third-order valence-corrected chi connectivity index (χ3v) is 9.61. The van der Waals surface area contributed by atoms with Crippen LogP contribution in [0, 0.1) is 25.5 Å². The molecule has 0 spiro atoms. The normalized spacial score (nSPS) is 15.7. The number of methoxy groups -OCH3 is 1. The van der Waals surface area contributed by atoms with Crippen LogP contribution in [-0.4, -0.2) is 59.5 Å². The van der Waals surface area contributed by atoms with Crippen molar-refractivity contribution in [2.75, 3.05) is 31.7 Å². The Morgan fingerprint density at radius 3 is 2.35 bits per heavy atom. The molecule has 2 atom stereocenters. The fourth-order valence-corrected chi connectivity index (χ4v) is 6.73. The average molecular weight is 716 g/mol. The number of hydrogen-bond donors (Lipinski definition) is 0. The summed E-state index contributed by atoms with van der Waals surface area (Å²) in [7, 11) is 1.37. The number of aromatic nitrogens is 2. The molecule has 2 aromatic heterocycles. The monoisotopic (exact) mass is 715 g/mol. The predicted molar refractivity (Wildman–Crippen MR) is 202 cm³/mol. The van der Waals surface area contributed by atoms with Crippen LogP contribution < -0.4 is 9.64 Å². The van der Waals surface area contributed by atoms with E-state index in [4.69, 9.17) is 23.9 Å². The first-order chi connectivity index (χ1) is 24.6. The number of anilines is 1. The van der Waals surface area contributed by atoms with Crippen LogP contribution in [0.25, 0.3) is 28.0 Å². The summed E-state index contributed by atoms with van der Waals surface area (Å²) in [4.78, 5) is 20.9. The Balaban J connectivity index is 1.69. The Morgan fingerprint density at radius 1 is 1.04 bits per heavy atom. The molecule has 8 nitrogen and oxygen atoms in total. The number of halogens is 2. The zero-order valence-electron chi connectivity index (χ0n) is 31.6. The fourth-order valence-electron chi connectivity index (χ4n) is 6.73. The second-order valence-electron chi connectivity index (χ2n) is 14.8. The molecule has 4 aromatic rings. The number of hydrogen-bond acceptors (Lipinski definition) is 7. The molecule has 1 aliphatic rings. The minimum absolute atomic E-state index is 0.237. The number of rotatable bonds is 13. The van der Waals surface area contributed by atoms with Gasteiger partial charge < -0.3 is 23.8 Å². The summed E-state index contributed by atoms with van der Waals surface area (Å²) in [6.45, 7) is 23.1. The zero-order chi connectivity index (χ0) is 38.0. The molecule has 2 aromatic carbocycles. The summed E-state index contributed by atoms with van der Waals surface area (Å²) in [5, 5.41) is 0. The van der Waals surface area contributed by atoms with Crippen LogP contribution in [0.3, 0.4) is 0 Å². The van der Waals surface area contributed by atoms with Crippen molar-refractivity contribution in [3.05, 3.63) is 96.2 Å². The number of imidazole rings is 1. The Bertz CT molecular complexity index is 1960. The number of pyridine rings is 1. The molecule has 1 aliphatic heterocycles. The molecular formula is C42H51F2N3O5. The van der Waals surface area contributed by atoms with Crippen LogP contribution in [0.5, 0.6) is 5.75 Å². The molecule has 0 radical (unpaired) electrons. The maximum Gasteiger partial charge on any atom is 0.339 e. The standard InChI is InChI=1S/C42H51F2N3O5/c1-11-14-26(3)51-35-24-33(44)32(43)23-31(35)29-15-13-16-30(22-29)34-25-47-38(45-34)28(5)27(4)36(37(40(48)49-10)52-41(6,7)8)39(47)46-19-17-42(9,18-20-46)50-21-12-2/h11-13,15-16,22-26,37H,1-2,14,17-21H2,3-10H3/t26-,37-/m0/s1. The van der Waals surface area contributed by atoms with Crippen molar-refractivity contribution >= 4 is 17.4 Å². The minimum Gasteiger partial charge on any atom is -0.490 e. The largest absolute Gasteiger partial charge is 0.490 e. The van der Waals surface area contributed by atoms with Gasteiger partial charge in [-0.1, -0.05) is 30.4 Å². The lowest BCUT2D eigenvalue weighted by molar-refractivity contribution is -0.164. The second kappa shape index (κ2) is 15.6. The van der Waals surface area contributed by atoms with Crippen molar-refractivity contribution in [1.82, 2.24) is 9.38 Å². The van der Waals surface area contributed by atoms with E-state index in [1.54, 1.807) is 12.2 Å². The molecule has 5 rings (SSSR count). The van der Waals surface area contributed by atoms with Gasteiger partial charge in [0, 0.05) is 48.5 Å².